The number of hydrogen-bond acceptors (Lipinski definition) is 3. The molecular weight excluding hydrogens is 250 g/mol. The average Bonchev–Trinajstić information content (AvgIpc) is 2.69. The smallest absolute Gasteiger partial charge is 0.257 e. The molecule has 7 heteroatoms. The van der Waals surface area contributed by atoms with Gasteiger partial charge in [-0.05, 0) is 12.3 Å². The van der Waals surface area contributed by atoms with Crippen molar-refractivity contribution < 1.29 is 8.42 Å². The van der Waals surface area contributed by atoms with Crippen molar-refractivity contribution in [2.24, 2.45) is 5.92 Å². The lowest BCUT2D eigenvalue weighted by Crippen LogP contribution is -2.38. The number of imidazole rings is 1. The lowest BCUT2D eigenvalue weighted by atomic mass is 10.0. The highest BCUT2D eigenvalue weighted by Crippen LogP contribution is 2.11. The summed E-state index contributed by atoms with van der Waals surface area (Å²) in [6.07, 6.45) is 3.22. The number of sulfonamides is 1. The van der Waals surface area contributed by atoms with Crippen LogP contribution in [0.25, 0.3) is 0 Å². The van der Waals surface area contributed by atoms with Crippen LogP contribution >= 0.6 is 11.6 Å². The van der Waals surface area contributed by atoms with Crippen molar-refractivity contribution in [1.29, 1.82) is 0 Å². The van der Waals surface area contributed by atoms with E-state index >= 15 is 0 Å². The van der Waals surface area contributed by atoms with Gasteiger partial charge in [0.1, 0.15) is 0 Å². The lowest BCUT2D eigenvalue weighted by molar-refractivity contribution is 0.438. The molecule has 0 saturated carbocycles. The van der Waals surface area contributed by atoms with E-state index in [0.717, 1.165) is 0 Å². The molecule has 1 aromatic heterocycles. The molecule has 0 fully saturated rings. The van der Waals surface area contributed by atoms with E-state index in [1.807, 2.05) is 13.8 Å². The van der Waals surface area contributed by atoms with Gasteiger partial charge in [-0.15, -0.1) is 11.6 Å². The molecule has 2 N–H and O–H groups in total. The Bertz CT molecular complexity index is 402. The summed E-state index contributed by atoms with van der Waals surface area (Å²) in [6.45, 7) is 3.90. The molecule has 0 radical (unpaired) electrons. The number of rotatable bonds is 6. The molecule has 0 aliphatic rings. The first-order valence-electron chi connectivity index (χ1n) is 5.04. The summed E-state index contributed by atoms with van der Waals surface area (Å²) in [4.78, 5) is 6.26. The van der Waals surface area contributed by atoms with Crippen molar-refractivity contribution >= 4 is 21.6 Å². The maximum absolute atomic E-state index is 11.9. The molecule has 16 heavy (non-hydrogen) atoms. The molecule has 0 bridgehead atoms. The third kappa shape index (κ3) is 3.47. The number of hydrogen-bond donors (Lipinski definition) is 2. The molecule has 5 nitrogen and oxygen atoms in total. The van der Waals surface area contributed by atoms with E-state index < -0.39 is 10.0 Å². The Hall–Kier alpha value is -0.590. The van der Waals surface area contributed by atoms with Crippen molar-refractivity contribution in [3.8, 4) is 0 Å². The van der Waals surface area contributed by atoms with E-state index in [0.29, 0.717) is 12.3 Å². The highest BCUT2D eigenvalue weighted by Gasteiger charge is 2.22. The highest BCUT2D eigenvalue weighted by molar-refractivity contribution is 7.89. The Kier molecular flexibility index (Phi) is 4.76. The predicted molar refractivity (Wildman–Crippen MR) is 62.9 cm³/mol. The van der Waals surface area contributed by atoms with Crippen LogP contribution in [0.15, 0.2) is 17.6 Å². The summed E-state index contributed by atoms with van der Waals surface area (Å²) < 4.78 is 26.3. The Morgan fingerprint density at radius 2 is 2.25 bits per heavy atom. The zero-order chi connectivity index (χ0) is 12.2. The summed E-state index contributed by atoms with van der Waals surface area (Å²) >= 11 is 5.64. The van der Waals surface area contributed by atoms with Gasteiger partial charge in [-0.1, -0.05) is 13.8 Å². The number of H-pyrrole nitrogens is 1. The fraction of sp³-hybridized carbons (Fsp3) is 0.667. The summed E-state index contributed by atoms with van der Waals surface area (Å²) in [5, 5.41) is 0.0766. The minimum atomic E-state index is -3.51. The number of nitrogens with one attached hydrogen (secondary N) is 2. The molecule has 0 amide bonds. The maximum Gasteiger partial charge on any atom is 0.257 e. The van der Waals surface area contributed by atoms with E-state index in [-0.39, 0.29) is 17.0 Å². The van der Waals surface area contributed by atoms with Crippen LogP contribution in [-0.2, 0) is 10.0 Å². The molecule has 0 aliphatic carbocycles. The first-order valence-corrected chi connectivity index (χ1v) is 7.06. The maximum atomic E-state index is 11.9. The molecule has 1 rings (SSSR count). The fourth-order valence-corrected chi connectivity index (χ4v) is 2.86. The monoisotopic (exact) mass is 265 g/mol. The average molecular weight is 266 g/mol. The molecule has 1 aromatic rings. The van der Waals surface area contributed by atoms with E-state index in [2.05, 4.69) is 14.7 Å². The van der Waals surface area contributed by atoms with Crippen LogP contribution < -0.4 is 4.72 Å². The molecule has 92 valence electrons. The zero-order valence-corrected chi connectivity index (χ0v) is 10.8. The van der Waals surface area contributed by atoms with Gasteiger partial charge in [0.05, 0.1) is 12.5 Å². The number of aromatic nitrogens is 2. The van der Waals surface area contributed by atoms with Gasteiger partial charge < -0.3 is 4.98 Å². The minimum Gasteiger partial charge on any atom is -0.335 e. The molecule has 0 aromatic carbocycles. The van der Waals surface area contributed by atoms with Crippen LogP contribution in [0.5, 0.6) is 0 Å². The third-order valence-electron chi connectivity index (χ3n) is 2.29. The van der Waals surface area contributed by atoms with Gasteiger partial charge in [0.25, 0.3) is 10.0 Å². The Labute approximate surface area is 101 Å². The second-order valence-electron chi connectivity index (χ2n) is 3.87. The number of alkyl halides is 1. The molecule has 0 spiro atoms. The van der Waals surface area contributed by atoms with Gasteiger partial charge in [-0.25, -0.2) is 18.1 Å². The number of aromatic amines is 1. The molecule has 0 saturated heterocycles. The number of nitrogens with zero attached hydrogens (tertiary/aromatic N) is 1. The SMILES string of the molecule is CC(C)C(CCCl)NS(=O)(=O)c1cnc[nH]1. The van der Waals surface area contributed by atoms with Gasteiger partial charge in [0.2, 0.25) is 0 Å². The molecule has 0 aliphatic heterocycles. The van der Waals surface area contributed by atoms with Gasteiger partial charge >= 0.3 is 0 Å². The summed E-state index contributed by atoms with van der Waals surface area (Å²) in [6, 6.07) is -0.161. The van der Waals surface area contributed by atoms with E-state index in [4.69, 9.17) is 11.6 Å². The largest absolute Gasteiger partial charge is 0.335 e. The summed E-state index contributed by atoms with van der Waals surface area (Å²) in [7, 11) is -3.51. The van der Waals surface area contributed by atoms with Crippen molar-refractivity contribution in [2.75, 3.05) is 5.88 Å². The quantitative estimate of drug-likeness (QED) is 0.763. The van der Waals surface area contributed by atoms with E-state index in [1.165, 1.54) is 12.5 Å². The topological polar surface area (TPSA) is 74.8 Å². The molecule has 1 atom stereocenters. The number of halogens is 1. The van der Waals surface area contributed by atoms with Crippen LogP contribution in [0.3, 0.4) is 0 Å². The van der Waals surface area contributed by atoms with Gasteiger partial charge in [-0.2, -0.15) is 0 Å². The summed E-state index contributed by atoms with van der Waals surface area (Å²) in [5.41, 5.74) is 0. The van der Waals surface area contributed by atoms with Crippen molar-refractivity contribution in [3.63, 3.8) is 0 Å². The van der Waals surface area contributed by atoms with Crippen LogP contribution in [0, 0.1) is 5.92 Å². The third-order valence-corrected chi connectivity index (χ3v) is 3.93. The Balaban J connectivity index is 2.78. The molecular formula is C9H16ClN3O2S. The second kappa shape index (κ2) is 5.65. The highest BCUT2D eigenvalue weighted by atomic mass is 35.5. The molecule has 1 unspecified atom stereocenters. The first kappa shape index (κ1) is 13.5. The van der Waals surface area contributed by atoms with Crippen LogP contribution in [0.2, 0.25) is 0 Å². The molecule has 1 heterocycles. The predicted octanol–water partition coefficient (Wildman–Crippen LogP) is 1.34. The van der Waals surface area contributed by atoms with Crippen molar-refractivity contribution in [2.45, 2.75) is 31.3 Å². The van der Waals surface area contributed by atoms with Crippen LogP contribution in [0.1, 0.15) is 20.3 Å². The zero-order valence-electron chi connectivity index (χ0n) is 9.27. The van der Waals surface area contributed by atoms with Gasteiger partial charge in [-0.3, -0.25) is 0 Å². The second-order valence-corrected chi connectivity index (χ2v) is 5.93. The van der Waals surface area contributed by atoms with Crippen molar-refractivity contribution in [1.82, 2.24) is 14.7 Å². The van der Waals surface area contributed by atoms with Gasteiger partial charge in [0.15, 0.2) is 5.03 Å². The fourth-order valence-electron chi connectivity index (χ4n) is 1.30. The Morgan fingerprint density at radius 1 is 1.56 bits per heavy atom. The minimum absolute atomic E-state index is 0.0766. The van der Waals surface area contributed by atoms with Crippen molar-refractivity contribution in [3.05, 3.63) is 12.5 Å². The van der Waals surface area contributed by atoms with Crippen LogP contribution in [-0.4, -0.2) is 30.3 Å². The van der Waals surface area contributed by atoms with Gasteiger partial charge in [0, 0.05) is 11.9 Å². The summed E-state index contributed by atoms with van der Waals surface area (Å²) in [5.74, 6) is 0.616. The van der Waals surface area contributed by atoms with E-state index in [1.54, 1.807) is 0 Å². The Morgan fingerprint density at radius 3 is 2.69 bits per heavy atom. The van der Waals surface area contributed by atoms with E-state index in [9.17, 15) is 8.42 Å². The standard InChI is InChI=1S/C9H16ClN3O2S/c1-7(2)8(3-4-10)13-16(14,15)9-5-11-6-12-9/h5-8,13H,3-4H2,1-2H3,(H,11,12). The van der Waals surface area contributed by atoms with Crippen LogP contribution in [0.4, 0.5) is 0 Å². The first-order chi connectivity index (χ1) is 7.47. The normalized spacial score (nSPS) is 14.2. The lowest BCUT2D eigenvalue weighted by Gasteiger charge is -2.20.